The monoisotopic (exact) mass is 624 g/mol. The number of fused-ring (bicyclic) bond motifs is 9. The van der Waals surface area contributed by atoms with E-state index in [-0.39, 0.29) is 0 Å². The predicted octanol–water partition coefficient (Wildman–Crippen LogP) is 12.5. The second kappa shape index (κ2) is 11.0. The van der Waals surface area contributed by atoms with Crippen molar-refractivity contribution in [3.63, 3.8) is 0 Å². The van der Waals surface area contributed by atoms with Crippen molar-refractivity contribution >= 4 is 54.3 Å². The summed E-state index contributed by atoms with van der Waals surface area (Å²) in [6.07, 6.45) is 0. The highest BCUT2D eigenvalue weighted by Gasteiger charge is 2.16. The number of para-hydroxylation sites is 1. The average molecular weight is 625 g/mol. The van der Waals surface area contributed by atoms with Crippen LogP contribution in [0.5, 0.6) is 0 Å². The molecule has 2 heterocycles. The van der Waals surface area contributed by atoms with Gasteiger partial charge in [-0.1, -0.05) is 133 Å². The molecule has 0 radical (unpaired) electrons. The van der Waals surface area contributed by atoms with E-state index in [1.54, 1.807) is 0 Å². The van der Waals surface area contributed by atoms with Crippen molar-refractivity contribution in [2.45, 2.75) is 0 Å². The van der Waals surface area contributed by atoms with Gasteiger partial charge in [-0.05, 0) is 79.8 Å². The highest BCUT2D eigenvalue weighted by molar-refractivity contribution is 6.28. The Morgan fingerprint density at radius 3 is 1.59 bits per heavy atom. The number of hydrogen-bond acceptors (Lipinski definition) is 3. The largest absolute Gasteiger partial charge is 0.456 e. The van der Waals surface area contributed by atoms with Gasteiger partial charge >= 0.3 is 0 Å². The summed E-state index contributed by atoms with van der Waals surface area (Å²) in [6.45, 7) is 0. The molecule has 0 unspecified atom stereocenters. The van der Waals surface area contributed by atoms with E-state index in [4.69, 9.17) is 14.4 Å². The van der Waals surface area contributed by atoms with Crippen LogP contribution in [0.1, 0.15) is 0 Å². The van der Waals surface area contributed by atoms with Crippen LogP contribution in [0.2, 0.25) is 0 Å². The van der Waals surface area contributed by atoms with Gasteiger partial charge in [-0.25, -0.2) is 9.97 Å². The summed E-state index contributed by atoms with van der Waals surface area (Å²) >= 11 is 0. The highest BCUT2D eigenvalue weighted by atomic mass is 16.3. The SMILES string of the molecule is c1ccc(-c2cccc(-c3cc(-c4ccc5c(c4)c4ccccc4c4cc6oc7ccccc7c6cc54)nc(-c4ccccc4)n3)c2)cc1. The van der Waals surface area contributed by atoms with Crippen LogP contribution >= 0.6 is 0 Å². The minimum absolute atomic E-state index is 0.705. The van der Waals surface area contributed by atoms with Crippen LogP contribution in [0.25, 0.3) is 99.3 Å². The van der Waals surface area contributed by atoms with Gasteiger partial charge in [-0.3, -0.25) is 0 Å². The summed E-state index contributed by atoms with van der Waals surface area (Å²) in [5.41, 5.74) is 9.01. The number of nitrogens with zero attached hydrogens (tertiary/aromatic N) is 2. The number of benzene rings is 8. The third kappa shape index (κ3) is 4.59. The zero-order valence-electron chi connectivity index (χ0n) is 26.5. The molecule has 0 aliphatic heterocycles. The molecule has 0 saturated carbocycles. The Labute approximate surface area is 282 Å². The summed E-state index contributed by atoms with van der Waals surface area (Å²) < 4.78 is 6.31. The van der Waals surface area contributed by atoms with E-state index in [1.165, 1.54) is 37.9 Å². The molecule has 0 bridgehead atoms. The standard InChI is InChI=1S/C46H28N2O/c1-3-12-29(13-4-1)31-16-11-17-32(24-31)42-28-43(48-46(47-42)30-14-5-2-6-15-30)33-22-23-36-38(25-33)34-18-7-8-19-35(34)40-27-45-41(26-39(36)40)37-20-9-10-21-44(37)49-45/h1-28H. The van der Waals surface area contributed by atoms with Crippen molar-refractivity contribution in [2.24, 2.45) is 0 Å². The Kier molecular flexibility index (Phi) is 6.18. The fourth-order valence-corrected chi connectivity index (χ4v) is 7.28. The van der Waals surface area contributed by atoms with E-state index in [0.717, 1.165) is 55.6 Å². The van der Waals surface area contributed by atoms with Gasteiger partial charge in [0.05, 0.1) is 11.4 Å². The number of aromatic nitrogens is 2. The van der Waals surface area contributed by atoms with Crippen LogP contribution in [0.4, 0.5) is 0 Å². The zero-order valence-corrected chi connectivity index (χ0v) is 26.5. The molecule has 8 aromatic carbocycles. The average Bonchev–Trinajstić information content (AvgIpc) is 3.55. The first kappa shape index (κ1) is 27.5. The minimum atomic E-state index is 0.705. The Bertz CT molecular complexity index is 2870. The molecule has 0 fully saturated rings. The molecular weight excluding hydrogens is 597 g/mol. The smallest absolute Gasteiger partial charge is 0.160 e. The first-order valence-electron chi connectivity index (χ1n) is 16.6. The molecule has 0 N–H and O–H groups in total. The van der Waals surface area contributed by atoms with E-state index >= 15 is 0 Å². The van der Waals surface area contributed by atoms with Crippen molar-refractivity contribution in [3.05, 3.63) is 170 Å². The Morgan fingerprint density at radius 2 is 0.837 bits per heavy atom. The molecule has 0 saturated heterocycles. The lowest BCUT2D eigenvalue weighted by Gasteiger charge is -2.13. The summed E-state index contributed by atoms with van der Waals surface area (Å²) in [6, 6.07) is 59.7. The van der Waals surface area contributed by atoms with Crippen LogP contribution in [0, 0.1) is 0 Å². The molecule has 0 aliphatic carbocycles. The van der Waals surface area contributed by atoms with Gasteiger partial charge in [-0.2, -0.15) is 0 Å². The Balaban J connectivity index is 1.21. The molecule has 228 valence electrons. The molecule has 10 rings (SSSR count). The van der Waals surface area contributed by atoms with E-state index in [9.17, 15) is 0 Å². The zero-order chi connectivity index (χ0) is 32.3. The molecule has 49 heavy (non-hydrogen) atoms. The lowest BCUT2D eigenvalue weighted by molar-refractivity contribution is 0.669. The van der Waals surface area contributed by atoms with Gasteiger partial charge in [0, 0.05) is 27.5 Å². The maximum atomic E-state index is 6.31. The minimum Gasteiger partial charge on any atom is -0.456 e. The van der Waals surface area contributed by atoms with E-state index in [2.05, 4.69) is 133 Å². The molecule has 0 atom stereocenters. The maximum Gasteiger partial charge on any atom is 0.160 e. The summed E-state index contributed by atoms with van der Waals surface area (Å²) in [4.78, 5) is 10.3. The number of hydrogen-bond donors (Lipinski definition) is 0. The quantitative estimate of drug-likeness (QED) is 0.183. The maximum absolute atomic E-state index is 6.31. The molecule has 0 aliphatic rings. The van der Waals surface area contributed by atoms with Crippen LogP contribution in [-0.2, 0) is 0 Å². The van der Waals surface area contributed by atoms with Crippen molar-refractivity contribution in [3.8, 4) is 45.0 Å². The van der Waals surface area contributed by atoms with Crippen LogP contribution in [-0.4, -0.2) is 9.97 Å². The van der Waals surface area contributed by atoms with Crippen LogP contribution in [0.15, 0.2) is 174 Å². The summed E-state index contributed by atoms with van der Waals surface area (Å²) in [5.74, 6) is 0.705. The lowest BCUT2D eigenvalue weighted by Crippen LogP contribution is -1.96. The van der Waals surface area contributed by atoms with Crippen LogP contribution < -0.4 is 0 Å². The predicted molar refractivity (Wildman–Crippen MR) is 204 cm³/mol. The Morgan fingerprint density at radius 1 is 0.286 bits per heavy atom. The van der Waals surface area contributed by atoms with Gasteiger partial charge in [0.2, 0.25) is 0 Å². The van der Waals surface area contributed by atoms with Crippen molar-refractivity contribution < 1.29 is 4.42 Å². The second-order valence-electron chi connectivity index (χ2n) is 12.6. The van der Waals surface area contributed by atoms with Crippen LogP contribution in [0.3, 0.4) is 0 Å². The summed E-state index contributed by atoms with van der Waals surface area (Å²) in [7, 11) is 0. The van der Waals surface area contributed by atoms with Gasteiger partial charge in [0.15, 0.2) is 5.82 Å². The first-order valence-corrected chi connectivity index (χ1v) is 16.6. The van der Waals surface area contributed by atoms with E-state index in [1.807, 2.05) is 36.4 Å². The molecular formula is C46H28N2O. The molecule has 3 heteroatoms. The van der Waals surface area contributed by atoms with E-state index < -0.39 is 0 Å². The normalized spacial score (nSPS) is 11.7. The van der Waals surface area contributed by atoms with Gasteiger partial charge in [-0.15, -0.1) is 0 Å². The van der Waals surface area contributed by atoms with Gasteiger partial charge < -0.3 is 4.42 Å². The molecule has 10 aromatic rings. The first-order chi connectivity index (χ1) is 24.3. The highest BCUT2D eigenvalue weighted by Crippen LogP contribution is 2.41. The topological polar surface area (TPSA) is 38.9 Å². The lowest BCUT2D eigenvalue weighted by atomic mass is 9.91. The fraction of sp³-hybridized carbons (Fsp3) is 0. The molecule has 0 spiro atoms. The van der Waals surface area contributed by atoms with Gasteiger partial charge in [0.1, 0.15) is 11.2 Å². The number of furan rings is 1. The van der Waals surface area contributed by atoms with Crippen molar-refractivity contribution in [1.82, 2.24) is 9.97 Å². The number of rotatable bonds is 4. The Hall–Kier alpha value is -6.58. The van der Waals surface area contributed by atoms with Gasteiger partial charge in [0.25, 0.3) is 0 Å². The third-order valence-corrected chi connectivity index (χ3v) is 9.65. The molecule has 2 aromatic heterocycles. The van der Waals surface area contributed by atoms with Crippen molar-refractivity contribution in [2.75, 3.05) is 0 Å². The third-order valence-electron chi connectivity index (χ3n) is 9.65. The molecule has 3 nitrogen and oxygen atoms in total. The summed E-state index contributed by atoms with van der Waals surface area (Å²) in [5, 5.41) is 9.48. The fourth-order valence-electron chi connectivity index (χ4n) is 7.28. The van der Waals surface area contributed by atoms with Crippen molar-refractivity contribution in [1.29, 1.82) is 0 Å². The molecule has 0 amide bonds. The second-order valence-corrected chi connectivity index (χ2v) is 12.6. The van der Waals surface area contributed by atoms with E-state index in [0.29, 0.717) is 5.82 Å².